The predicted octanol–water partition coefficient (Wildman–Crippen LogP) is 1.42. The van der Waals surface area contributed by atoms with Crippen LogP contribution >= 0.6 is 15.9 Å². The van der Waals surface area contributed by atoms with E-state index >= 15 is 0 Å². The van der Waals surface area contributed by atoms with Crippen LogP contribution in [0.25, 0.3) is 0 Å². The van der Waals surface area contributed by atoms with E-state index in [4.69, 9.17) is 4.74 Å². The normalized spacial score (nSPS) is 9.64. The summed E-state index contributed by atoms with van der Waals surface area (Å²) in [5.41, 5.74) is 0.994. The minimum Gasteiger partial charge on any atom is -0.481 e. The molecule has 0 aromatic carbocycles. The van der Waals surface area contributed by atoms with E-state index in [0.717, 1.165) is 17.4 Å². The van der Waals surface area contributed by atoms with Crippen molar-refractivity contribution >= 4 is 15.9 Å². The van der Waals surface area contributed by atoms with Crippen LogP contribution in [0.2, 0.25) is 0 Å². The topological polar surface area (TPSA) is 35.0 Å². The lowest BCUT2D eigenvalue weighted by atomic mass is 10.3. The highest BCUT2D eigenvalue weighted by atomic mass is 79.9. The fraction of sp³-hybridized carbons (Fsp3) is 0.429. The van der Waals surface area contributed by atoms with Crippen LogP contribution in [0.4, 0.5) is 0 Å². The van der Waals surface area contributed by atoms with Crippen molar-refractivity contribution in [2.24, 2.45) is 0 Å². The van der Waals surface area contributed by atoms with E-state index in [1.54, 1.807) is 7.11 Å². The van der Waals surface area contributed by atoms with Gasteiger partial charge in [0.1, 0.15) is 6.33 Å². The predicted molar refractivity (Wildman–Crippen MR) is 46.1 cm³/mol. The van der Waals surface area contributed by atoms with Crippen molar-refractivity contribution in [2.45, 2.75) is 6.42 Å². The molecule has 0 bridgehead atoms. The van der Waals surface area contributed by atoms with Crippen molar-refractivity contribution in [3.05, 3.63) is 18.1 Å². The summed E-state index contributed by atoms with van der Waals surface area (Å²) in [6.45, 7) is 0. The standard InChI is InChI=1S/C7H9BrN2O/c1-11-7-4-6(2-3-8)9-5-10-7/h4-5H,2-3H2,1H3. The minimum atomic E-state index is 0.621. The van der Waals surface area contributed by atoms with Crippen molar-refractivity contribution < 1.29 is 4.74 Å². The molecule has 1 rings (SSSR count). The summed E-state index contributed by atoms with van der Waals surface area (Å²) < 4.78 is 4.93. The van der Waals surface area contributed by atoms with Gasteiger partial charge in [-0.2, -0.15) is 0 Å². The molecule has 60 valence electrons. The van der Waals surface area contributed by atoms with Gasteiger partial charge in [0.2, 0.25) is 5.88 Å². The number of aromatic nitrogens is 2. The van der Waals surface area contributed by atoms with Crippen molar-refractivity contribution in [3.8, 4) is 5.88 Å². The van der Waals surface area contributed by atoms with Gasteiger partial charge in [-0.25, -0.2) is 9.97 Å². The zero-order valence-electron chi connectivity index (χ0n) is 6.25. The first kappa shape index (κ1) is 8.46. The quantitative estimate of drug-likeness (QED) is 0.718. The van der Waals surface area contributed by atoms with Crippen LogP contribution in [0.15, 0.2) is 12.4 Å². The molecule has 0 N–H and O–H groups in total. The Labute approximate surface area is 73.9 Å². The molecule has 3 nitrogen and oxygen atoms in total. The van der Waals surface area contributed by atoms with Gasteiger partial charge in [0.15, 0.2) is 0 Å². The van der Waals surface area contributed by atoms with Crippen LogP contribution in [0.3, 0.4) is 0 Å². The number of halogens is 1. The van der Waals surface area contributed by atoms with Crippen molar-refractivity contribution in [1.29, 1.82) is 0 Å². The highest BCUT2D eigenvalue weighted by Gasteiger charge is 1.96. The first-order valence-corrected chi connectivity index (χ1v) is 4.40. The largest absolute Gasteiger partial charge is 0.481 e. The molecule has 0 aliphatic rings. The Morgan fingerprint density at radius 1 is 1.55 bits per heavy atom. The second-order valence-electron chi connectivity index (χ2n) is 1.99. The maximum atomic E-state index is 4.93. The van der Waals surface area contributed by atoms with Gasteiger partial charge in [-0.1, -0.05) is 15.9 Å². The molecule has 0 saturated carbocycles. The van der Waals surface area contributed by atoms with Gasteiger partial charge in [0.25, 0.3) is 0 Å². The Morgan fingerprint density at radius 2 is 2.36 bits per heavy atom. The molecule has 1 aromatic heterocycles. The Kier molecular flexibility index (Phi) is 3.29. The number of aryl methyl sites for hydroxylation is 1. The van der Waals surface area contributed by atoms with E-state index in [9.17, 15) is 0 Å². The van der Waals surface area contributed by atoms with Crippen LogP contribution in [0, 0.1) is 0 Å². The van der Waals surface area contributed by atoms with Gasteiger partial charge in [0, 0.05) is 17.1 Å². The molecule has 1 heterocycles. The first-order chi connectivity index (χ1) is 5.36. The molecule has 0 saturated heterocycles. The Morgan fingerprint density at radius 3 is 3.00 bits per heavy atom. The highest BCUT2D eigenvalue weighted by Crippen LogP contribution is 2.06. The van der Waals surface area contributed by atoms with Crippen molar-refractivity contribution in [3.63, 3.8) is 0 Å². The SMILES string of the molecule is COc1cc(CCBr)ncn1. The average molecular weight is 217 g/mol. The maximum Gasteiger partial charge on any atom is 0.216 e. The molecule has 0 fully saturated rings. The molecule has 0 spiro atoms. The van der Waals surface area contributed by atoms with Gasteiger partial charge in [-0.3, -0.25) is 0 Å². The second kappa shape index (κ2) is 4.28. The Bertz CT molecular complexity index is 229. The molecule has 0 atom stereocenters. The molecule has 0 unspecified atom stereocenters. The third-order valence-electron chi connectivity index (χ3n) is 1.26. The number of hydrogen-bond acceptors (Lipinski definition) is 3. The number of ether oxygens (including phenoxy) is 1. The van der Waals surface area contributed by atoms with Crippen LogP contribution < -0.4 is 4.74 Å². The van der Waals surface area contributed by atoms with Crippen LogP contribution in [-0.4, -0.2) is 22.4 Å². The van der Waals surface area contributed by atoms with Crippen molar-refractivity contribution in [2.75, 3.05) is 12.4 Å². The van der Waals surface area contributed by atoms with E-state index < -0.39 is 0 Å². The molecule has 0 aliphatic heterocycles. The summed E-state index contributed by atoms with van der Waals surface area (Å²) in [4.78, 5) is 7.95. The number of rotatable bonds is 3. The van der Waals surface area contributed by atoms with E-state index in [1.165, 1.54) is 6.33 Å². The van der Waals surface area contributed by atoms with Gasteiger partial charge < -0.3 is 4.74 Å². The molecular formula is C7H9BrN2O. The lowest BCUT2D eigenvalue weighted by molar-refractivity contribution is 0.396. The Hall–Kier alpha value is -0.640. The third-order valence-corrected chi connectivity index (χ3v) is 1.65. The minimum absolute atomic E-state index is 0.621. The second-order valence-corrected chi connectivity index (χ2v) is 2.78. The number of nitrogens with zero attached hydrogens (tertiary/aromatic N) is 2. The lowest BCUT2D eigenvalue weighted by Gasteiger charge is -1.99. The van der Waals surface area contributed by atoms with Gasteiger partial charge >= 0.3 is 0 Å². The average Bonchev–Trinajstić information content (AvgIpc) is 2.06. The monoisotopic (exact) mass is 216 g/mol. The van der Waals surface area contributed by atoms with Gasteiger partial charge in [0.05, 0.1) is 7.11 Å². The summed E-state index contributed by atoms with van der Waals surface area (Å²) in [5.74, 6) is 0.621. The highest BCUT2D eigenvalue weighted by molar-refractivity contribution is 9.09. The zero-order chi connectivity index (χ0) is 8.10. The fourth-order valence-corrected chi connectivity index (χ4v) is 1.13. The molecule has 4 heteroatoms. The molecule has 11 heavy (non-hydrogen) atoms. The van der Waals surface area contributed by atoms with E-state index in [2.05, 4.69) is 25.9 Å². The van der Waals surface area contributed by atoms with Crippen LogP contribution in [0.5, 0.6) is 5.88 Å². The summed E-state index contributed by atoms with van der Waals surface area (Å²) in [5, 5.41) is 0.910. The summed E-state index contributed by atoms with van der Waals surface area (Å²) in [7, 11) is 1.60. The number of alkyl halides is 1. The summed E-state index contributed by atoms with van der Waals surface area (Å²) >= 11 is 3.33. The third kappa shape index (κ3) is 2.46. The molecular weight excluding hydrogens is 208 g/mol. The van der Waals surface area contributed by atoms with Gasteiger partial charge in [-0.15, -0.1) is 0 Å². The van der Waals surface area contributed by atoms with Crippen LogP contribution in [-0.2, 0) is 6.42 Å². The summed E-state index contributed by atoms with van der Waals surface area (Å²) in [6, 6.07) is 1.83. The first-order valence-electron chi connectivity index (χ1n) is 3.27. The van der Waals surface area contributed by atoms with Crippen LogP contribution in [0.1, 0.15) is 5.69 Å². The molecule has 0 amide bonds. The number of hydrogen-bond donors (Lipinski definition) is 0. The molecule has 0 radical (unpaired) electrons. The van der Waals surface area contributed by atoms with Gasteiger partial charge in [-0.05, 0) is 6.42 Å². The summed E-state index contributed by atoms with van der Waals surface area (Å²) in [6.07, 6.45) is 2.41. The Balaban J connectivity index is 2.74. The van der Waals surface area contributed by atoms with Crippen molar-refractivity contribution in [1.82, 2.24) is 9.97 Å². The number of methoxy groups -OCH3 is 1. The smallest absolute Gasteiger partial charge is 0.216 e. The van der Waals surface area contributed by atoms with E-state index in [-0.39, 0.29) is 0 Å². The molecule has 1 aromatic rings. The lowest BCUT2D eigenvalue weighted by Crippen LogP contribution is -1.94. The fourth-order valence-electron chi connectivity index (χ4n) is 0.722. The van der Waals surface area contributed by atoms with E-state index in [0.29, 0.717) is 5.88 Å². The zero-order valence-corrected chi connectivity index (χ0v) is 7.84. The van der Waals surface area contributed by atoms with E-state index in [1.807, 2.05) is 6.07 Å². The maximum absolute atomic E-state index is 4.93. The molecule has 0 aliphatic carbocycles.